The van der Waals surface area contributed by atoms with Crippen molar-refractivity contribution >= 4 is 11.3 Å². The van der Waals surface area contributed by atoms with E-state index in [2.05, 4.69) is 35.0 Å². The van der Waals surface area contributed by atoms with Crippen LogP contribution < -0.4 is 5.32 Å². The number of benzene rings is 1. The summed E-state index contributed by atoms with van der Waals surface area (Å²) in [6.07, 6.45) is 2.54. The van der Waals surface area contributed by atoms with Crippen LogP contribution in [0.2, 0.25) is 0 Å². The fourth-order valence-electron chi connectivity index (χ4n) is 2.28. The smallest absolute Gasteiger partial charge is 0.0976 e. The van der Waals surface area contributed by atoms with Gasteiger partial charge in [0.2, 0.25) is 0 Å². The van der Waals surface area contributed by atoms with E-state index in [1.807, 2.05) is 6.07 Å². The molecule has 1 fully saturated rings. The number of thiazole rings is 1. The molecule has 88 valence electrons. The summed E-state index contributed by atoms with van der Waals surface area (Å²) in [5.74, 6) is 0.617. The van der Waals surface area contributed by atoms with Crippen molar-refractivity contribution in [3.8, 4) is 11.3 Å². The zero-order valence-electron chi connectivity index (χ0n) is 9.73. The molecule has 0 bridgehead atoms. The number of hydrogen-bond donors (Lipinski definition) is 1. The number of aromatic nitrogens is 1. The lowest BCUT2D eigenvalue weighted by atomic mass is 10.0. The van der Waals surface area contributed by atoms with Gasteiger partial charge < -0.3 is 5.32 Å². The maximum atomic E-state index is 4.78. The third-order valence-electron chi connectivity index (χ3n) is 3.24. The van der Waals surface area contributed by atoms with Crippen LogP contribution in [0.15, 0.2) is 35.7 Å². The van der Waals surface area contributed by atoms with Gasteiger partial charge in [0.25, 0.3) is 0 Å². The molecule has 1 aliphatic rings. The average molecular weight is 244 g/mol. The van der Waals surface area contributed by atoms with Gasteiger partial charge in [-0.3, -0.25) is 0 Å². The van der Waals surface area contributed by atoms with E-state index in [0.29, 0.717) is 5.92 Å². The quantitative estimate of drug-likeness (QED) is 0.877. The van der Waals surface area contributed by atoms with Crippen LogP contribution in [-0.4, -0.2) is 18.1 Å². The Kier molecular flexibility index (Phi) is 3.20. The molecule has 2 nitrogen and oxygen atoms in total. The first-order valence-electron chi connectivity index (χ1n) is 6.15. The van der Waals surface area contributed by atoms with Crippen molar-refractivity contribution in [2.45, 2.75) is 18.8 Å². The van der Waals surface area contributed by atoms with Gasteiger partial charge >= 0.3 is 0 Å². The topological polar surface area (TPSA) is 24.9 Å². The van der Waals surface area contributed by atoms with Crippen LogP contribution in [0.3, 0.4) is 0 Å². The van der Waals surface area contributed by atoms with Crippen molar-refractivity contribution in [2.24, 2.45) is 0 Å². The summed E-state index contributed by atoms with van der Waals surface area (Å²) in [4.78, 5) is 4.78. The van der Waals surface area contributed by atoms with Gasteiger partial charge in [0, 0.05) is 23.4 Å². The lowest BCUT2D eigenvalue weighted by Crippen LogP contribution is -2.28. The molecule has 1 N–H and O–H groups in total. The molecule has 2 heterocycles. The Balaban J connectivity index is 1.83. The molecule has 1 saturated heterocycles. The lowest BCUT2D eigenvalue weighted by Gasteiger charge is -2.20. The SMILES string of the molecule is c1ccc(-c2csc(C3CCCNC3)n2)cc1. The molecule has 1 unspecified atom stereocenters. The van der Waals surface area contributed by atoms with E-state index < -0.39 is 0 Å². The summed E-state index contributed by atoms with van der Waals surface area (Å²) in [7, 11) is 0. The number of piperidine rings is 1. The predicted molar refractivity (Wildman–Crippen MR) is 72.4 cm³/mol. The fourth-order valence-corrected chi connectivity index (χ4v) is 3.25. The summed E-state index contributed by atoms with van der Waals surface area (Å²) < 4.78 is 0. The molecular weight excluding hydrogens is 228 g/mol. The van der Waals surface area contributed by atoms with Crippen LogP contribution in [-0.2, 0) is 0 Å². The van der Waals surface area contributed by atoms with Crippen molar-refractivity contribution in [3.63, 3.8) is 0 Å². The second kappa shape index (κ2) is 4.98. The summed E-state index contributed by atoms with van der Waals surface area (Å²) in [5.41, 5.74) is 2.34. The van der Waals surface area contributed by atoms with Gasteiger partial charge in [0.05, 0.1) is 10.7 Å². The first-order chi connectivity index (χ1) is 8.43. The van der Waals surface area contributed by atoms with E-state index in [-0.39, 0.29) is 0 Å². The predicted octanol–water partition coefficient (Wildman–Crippen LogP) is 3.28. The van der Waals surface area contributed by atoms with E-state index in [9.17, 15) is 0 Å². The molecule has 3 rings (SSSR count). The highest BCUT2D eigenvalue weighted by atomic mass is 32.1. The van der Waals surface area contributed by atoms with Crippen molar-refractivity contribution in [1.82, 2.24) is 10.3 Å². The van der Waals surface area contributed by atoms with Crippen molar-refractivity contribution in [3.05, 3.63) is 40.7 Å². The highest BCUT2D eigenvalue weighted by Gasteiger charge is 2.18. The van der Waals surface area contributed by atoms with Gasteiger partial charge in [-0.25, -0.2) is 4.98 Å². The molecule has 1 atom stereocenters. The third kappa shape index (κ3) is 2.40. The molecular formula is C14H16N2S. The summed E-state index contributed by atoms with van der Waals surface area (Å²) >= 11 is 1.80. The maximum absolute atomic E-state index is 4.78. The Bertz CT molecular complexity index is 472. The van der Waals surface area contributed by atoms with Crippen LogP contribution in [0.1, 0.15) is 23.8 Å². The average Bonchev–Trinajstić information content (AvgIpc) is 2.90. The Morgan fingerprint density at radius 1 is 1.24 bits per heavy atom. The standard InChI is InChI=1S/C14H16N2S/c1-2-5-11(6-3-1)13-10-17-14(16-13)12-7-4-8-15-9-12/h1-3,5-6,10,12,15H,4,7-9H2. The minimum absolute atomic E-state index is 0.617. The minimum Gasteiger partial charge on any atom is -0.316 e. The molecule has 2 aromatic rings. The van der Waals surface area contributed by atoms with E-state index in [1.165, 1.54) is 23.4 Å². The van der Waals surface area contributed by atoms with E-state index >= 15 is 0 Å². The number of nitrogens with one attached hydrogen (secondary N) is 1. The fraction of sp³-hybridized carbons (Fsp3) is 0.357. The summed E-state index contributed by atoms with van der Waals surface area (Å²) in [5, 5.41) is 6.92. The van der Waals surface area contributed by atoms with Gasteiger partial charge in [-0.2, -0.15) is 0 Å². The first-order valence-corrected chi connectivity index (χ1v) is 7.03. The van der Waals surface area contributed by atoms with Crippen LogP contribution >= 0.6 is 11.3 Å². The zero-order chi connectivity index (χ0) is 11.5. The minimum atomic E-state index is 0.617. The normalized spacial score (nSPS) is 20.4. The highest BCUT2D eigenvalue weighted by Crippen LogP contribution is 2.29. The largest absolute Gasteiger partial charge is 0.316 e. The molecule has 0 aliphatic carbocycles. The van der Waals surface area contributed by atoms with Crippen LogP contribution in [0.4, 0.5) is 0 Å². The van der Waals surface area contributed by atoms with Crippen LogP contribution in [0, 0.1) is 0 Å². The van der Waals surface area contributed by atoms with Gasteiger partial charge in [-0.1, -0.05) is 30.3 Å². The van der Waals surface area contributed by atoms with Gasteiger partial charge in [-0.05, 0) is 19.4 Å². The number of rotatable bonds is 2. The van der Waals surface area contributed by atoms with Crippen molar-refractivity contribution in [2.75, 3.05) is 13.1 Å². The summed E-state index contributed by atoms with van der Waals surface area (Å²) in [6, 6.07) is 10.4. The Hall–Kier alpha value is -1.19. The van der Waals surface area contributed by atoms with E-state index in [1.54, 1.807) is 11.3 Å². The molecule has 17 heavy (non-hydrogen) atoms. The van der Waals surface area contributed by atoms with Gasteiger partial charge in [-0.15, -0.1) is 11.3 Å². The van der Waals surface area contributed by atoms with Crippen LogP contribution in [0.25, 0.3) is 11.3 Å². The zero-order valence-corrected chi connectivity index (χ0v) is 10.5. The third-order valence-corrected chi connectivity index (χ3v) is 4.24. The molecule has 0 amide bonds. The molecule has 0 spiro atoms. The van der Waals surface area contributed by atoms with Gasteiger partial charge in [0.1, 0.15) is 0 Å². The Morgan fingerprint density at radius 2 is 2.12 bits per heavy atom. The first kappa shape index (κ1) is 10.9. The number of nitrogens with zero attached hydrogens (tertiary/aromatic N) is 1. The Labute approximate surface area is 106 Å². The monoisotopic (exact) mass is 244 g/mol. The lowest BCUT2D eigenvalue weighted by molar-refractivity contribution is 0.460. The van der Waals surface area contributed by atoms with Crippen molar-refractivity contribution in [1.29, 1.82) is 0 Å². The molecule has 0 radical (unpaired) electrons. The second-order valence-electron chi connectivity index (χ2n) is 4.48. The van der Waals surface area contributed by atoms with E-state index in [4.69, 9.17) is 4.98 Å². The van der Waals surface area contributed by atoms with E-state index in [0.717, 1.165) is 18.8 Å². The van der Waals surface area contributed by atoms with Gasteiger partial charge in [0.15, 0.2) is 0 Å². The maximum Gasteiger partial charge on any atom is 0.0976 e. The molecule has 1 aromatic carbocycles. The van der Waals surface area contributed by atoms with Crippen molar-refractivity contribution < 1.29 is 0 Å². The molecule has 3 heteroatoms. The second-order valence-corrected chi connectivity index (χ2v) is 5.37. The molecule has 1 aliphatic heterocycles. The Morgan fingerprint density at radius 3 is 2.88 bits per heavy atom. The number of hydrogen-bond acceptors (Lipinski definition) is 3. The molecule has 0 saturated carbocycles. The summed E-state index contributed by atoms with van der Waals surface area (Å²) in [6.45, 7) is 2.25. The van der Waals surface area contributed by atoms with Crippen LogP contribution in [0.5, 0.6) is 0 Å². The highest BCUT2D eigenvalue weighted by molar-refractivity contribution is 7.10. The molecule has 1 aromatic heterocycles.